The van der Waals surface area contributed by atoms with Crippen molar-refractivity contribution >= 4 is 6.29 Å². The molecule has 4 aromatic carbocycles. The van der Waals surface area contributed by atoms with Gasteiger partial charge in [-0.1, -0.05) is 54.6 Å². The number of hydrogen-bond donors (Lipinski definition) is 1. The molecule has 5 rings (SSSR count). The van der Waals surface area contributed by atoms with Crippen LogP contribution in [0.3, 0.4) is 0 Å². The summed E-state index contributed by atoms with van der Waals surface area (Å²) >= 11 is 0. The molecule has 0 atom stereocenters. The molecule has 6 heteroatoms. The third-order valence-corrected chi connectivity index (χ3v) is 5.16. The standard InChI is InChI=1S/C23H14N3.C7H6O2.Ir/c24-15-17-11-13-18(14-12-17)21-16-25-22(19-7-3-1-4-8-19)23(26-21)20-9-5-2-6-10-20;8-5-6-3-1-2-4-7(6)9;/h1-7,9-14,16H;1-5,9H;/q-1;;. The van der Waals surface area contributed by atoms with Gasteiger partial charge in [-0.05, 0) is 29.8 Å². The van der Waals surface area contributed by atoms with E-state index in [1.165, 1.54) is 6.07 Å². The van der Waals surface area contributed by atoms with Crippen LogP contribution < -0.4 is 0 Å². The normalized spacial score (nSPS) is 9.64. The zero-order valence-corrected chi connectivity index (χ0v) is 21.4. The first-order chi connectivity index (χ1) is 17.2. The first-order valence-corrected chi connectivity index (χ1v) is 10.8. The van der Waals surface area contributed by atoms with E-state index in [-0.39, 0.29) is 25.9 Å². The number of para-hydroxylation sites is 1. The number of carbonyl (C=O) groups is 1. The van der Waals surface area contributed by atoms with Gasteiger partial charge in [0.05, 0.1) is 28.6 Å². The van der Waals surface area contributed by atoms with Gasteiger partial charge in [0.15, 0.2) is 6.29 Å². The second kappa shape index (κ2) is 12.9. The number of nitriles is 1. The van der Waals surface area contributed by atoms with E-state index in [4.69, 9.17) is 15.4 Å². The number of benzene rings is 4. The fourth-order valence-corrected chi connectivity index (χ4v) is 3.37. The van der Waals surface area contributed by atoms with E-state index in [2.05, 4.69) is 17.1 Å². The average Bonchev–Trinajstić information content (AvgIpc) is 2.94. The van der Waals surface area contributed by atoms with E-state index in [0.717, 1.165) is 33.8 Å². The molecule has 0 unspecified atom stereocenters. The topological polar surface area (TPSA) is 86.9 Å². The fourth-order valence-electron chi connectivity index (χ4n) is 3.37. The predicted molar refractivity (Wildman–Crippen MR) is 135 cm³/mol. The number of nitrogens with zero attached hydrogens (tertiary/aromatic N) is 3. The fraction of sp³-hybridized carbons (Fsp3) is 0. The van der Waals surface area contributed by atoms with E-state index >= 15 is 0 Å². The van der Waals surface area contributed by atoms with E-state index in [9.17, 15) is 4.79 Å². The first-order valence-electron chi connectivity index (χ1n) is 10.8. The molecular formula is C30H20IrN3O2-. The van der Waals surface area contributed by atoms with Gasteiger partial charge in [-0.3, -0.25) is 9.78 Å². The van der Waals surface area contributed by atoms with Crippen molar-refractivity contribution in [2.45, 2.75) is 0 Å². The van der Waals surface area contributed by atoms with Crippen LogP contribution in [0.15, 0.2) is 109 Å². The molecule has 0 aliphatic heterocycles. The molecule has 1 heterocycles. The molecule has 0 aliphatic carbocycles. The van der Waals surface area contributed by atoms with E-state index in [1.807, 2.05) is 66.7 Å². The molecule has 0 aliphatic rings. The Morgan fingerprint density at radius 1 is 0.806 bits per heavy atom. The summed E-state index contributed by atoms with van der Waals surface area (Å²) in [6.45, 7) is 0. The molecule has 36 heavy (non-hydrogen) atoms. The van der Waals surface area contributed by atoms with Crippen LogP contribution in [-0.2, 0) is 20.1 Å². The minimum Gasteiger partial charge on any atom is -0.507 e. The second-order valence-electron chi connectivity index (χ2n) is 7.46. The Hall–Kier alpha value is -4.43. The van der Waals surface area contributed by atoms with Gasteiger partial charge in [-0.25, -0.2) is 0 Å². The van der Waals surface area contributed by atoms with Crippen molar-refractivity contribution in [1.29, 1.82) is 5.26 Å². The van der Waals surface area contributed by atoms with E-state index < -0.39 is 0 Å². The Balaban J connectivity index is 0.000000307. The van der Waals surface area contributed by atoms with Crippen LogP contribution in [0, 0.1) is 17.4 Å². The maximum absolute atomic E-state index is 10.1. The molecule has 5 aromatic rings. The second-order valence-corrected chi connectivity index (χ2v) is 7.46. The van der Waals surface area contributed by atoms with Crippen LogP contribution in [0.2, 0.25) is 0 Å². The van der Waals surface area contributed by atoms with Gasteiger partial charge in [-0.15, -0.1) is 35.9 Å². The van der Waals surface area contributed by atoms with Crippen LogP contribution in [0.4, 0.5) is 0 Å². The number of phenols is 1. The Labute approximate surface area is 223 Å². The number of hydrogen-bond acceptors (Lipinski definition) is 5. The zero-order valence-electron chi connectivity index (χ0n) is 19.0. The number of phenolic OH excluding ortho intramolecular Hbond substituents is 1. The third-order valence-electron chi connectivity index (χ3n) is 5.16. The molecule has 1 radical (unpaired) electrons. The number of carbonyl (C=O) groups excluding carboxylic acids is 1. The minimum absolute atomic E-state index is 0. The monoisotopic (exact) mass is 647 g/mol. The summed E-state index contributed by atoms with van der Waals surface area (Å²) in [4.78, 5) is 19.6. The van der Waals surface area contributed by atoms with Crippen molar-refractivity contribution in [3.8, 4) is 45.6 Å². The molecule has 0 spiro atoms. The summed E-state index contributed by atoms with van der Waals surface area (Å²) in [7, 11) is 0. The molecule has 0 bridgehead atoms. The Morgan fingerprint density at radius 2 is 1.50 bits per heavy atom. The van der Waals surface area contributed by atoms with Crippen LogP contribution >= 0.6 is 0 Å². The SMILES string of the molecule is N#Cc1ccc(-c2cnc(-c3[c-]cccc3)c(-c3ccccc3)n2)cc1.O=Cc1ccccc1O.[Ir]. The smallest absolute Gasteiger partial charge is 0.153 e. The molecule has 0 saturated carbocycles. The summed E-state index contributed by atoms with van der Waals surface area (Å²) in [6.07, 6.45) is 2.39. The van der Waals surface area contributed by atoms with Crippen molar-refractivity contribution in [3.05, 3.63) is 127 Å². The molecule has 177 valence electrons. The number of rotatable bonds is 4. The summed E-state index contributed by atoms with van der Waals surface area (Å²) in [6, 6.07) is 36.9. The van der Waals surface area contributed by atoms with Crippen LogP contribution in [-0.4, -0.2) is 21.4 Å². The third kappa shape index (κ3) is 6.37. The van der Waals surface area contributed by atoms with Gasteiger partial charge in [0.25, 0.3) is 0 Å². The average molecular weight is 647 g/mol. The Morgan fingerprint density at radius 3 is 2.11 bits per heavy atom. The molecule has 0 saturated heterocycles. The first kappa shape index (κ1) is 26.2. The number of aromatic hydroxyl groups is 1. The maximum atomic E-state index is 10.1. The van der Waals surface area contributed by atoms with Crippen molar-refractivity contribution in [2.75, 3.05) is 0 Å². The maximum Gasteiger partial charge on any atom is 0.153 e. The summed E-state index contributed by atoms with van der Waals surface area (Å²) in [5.74, 6) is 0.0347. The van der Waals surface area contributed by atoms with Crippen LogP contribution in [0.1, 0.15) is 15.9 Å². The van der Waals surface area contributed by atoms with Gasteiger partial charge in [0.2, 0.25) is 0 Å². The van der Waals surface area contributed by atoms with Crippen molar-refractivity contribution in [1.82, 2.24) is 9.97 Å². The van der Waals surface area contributed by atoms with Crippen molar-refractivity contribution < 1.29 is 30.0 Å². The van der Waals surface area contributed by atoms with Gasteiger partial charge in [0, 0.05) is 37.6 Å². The number of aldehydes is 1. The van der Waals surface area contributed by atoms with Crippen LogP contribution in [0.25, 0.3) is 33.8 Å². The van der Waals surface area contributed by atoms with Gasteiger partial charge in [0.1, 0.15) is 5.75 Å². The van der Waals surface area contributed by atoms with E-state index in [1.54, 1.807) is 36.5 Å². The van der Waals surface area contributed by atoms with E-state index in [0.29, 0.717) is 17.4 Å². The summed E-state index contributed by atoms with van der Waals surface area (Å²) < 4.78 is 0. The van der Waals surface area contributed by atoms with Crippen LogP contribution in [0.5, 0.6) is 5.75 Å². The largest absolute Gasteiger partial charge is 0.507 e. The summed E-state index contributed by atoms with van der Waals surface area (Å²) in [5, 5.41) is 17.9. The molecule has 0 fully saturated rings. The molecule has 0 amide bonds. The number of aromatic nitrogens is 2. The van der Waals surface area contributed by atoms with Gasteiger partial charge >= 0.3 is 0 Å². The van der Waals surface area contributed by atoms with Crippen molar-refractivity contribution in [3.63, 3.8) is 0 Å². The minimum atomic E-state index is 0. The summed E-state index contributed by atoms with van der Waals surface area (Å²) in [5.41, 5.74) is 6.18. The molecule has 1 N–H and O–H groups in total. The van der Waals surface area contributed by atoms with Gasteiger partial charge in [-0.2, -0.15) is 5.26 Å². The van der Waals surface area contributed by atoms with Crippen molar-refractivity contribution in [2.24, 2.45) is 0 Å². The molecule has 1 aromatic heterocycles. The molecular weight excluding hydrogens is 627 g/mol. The zero-order chi connectivity index (χ0) is 24.5. The predicted octanol–water partition coefficient (Wildman–Crippen LogP) is 6.35. The molecule has 5 nitrogen and oxygen atoms in total. The van der Waals surface area contributed by atoms with Gasteiger partial charge < -0.3 is 10.1 Å². The Bertz CT molecular complexity index is 1470. The quantitative estimate of drug-likeness (QED) is 0.182. The Kier molecular flexibility index (Phi) is 9.36.